The van der Waals surface area contributed by atoms with Crippen LogP contribution in [-0.2, 0) is 12.8 Å². The summed E-state index contributed by atoms with van der Waals surface area (Å²) in [6, 6.07) is 7.47. The predicted molar refractivity (Wildman–Crippen MR) is 89.7 cm³/mol. The fourth-order valence-corrected chi connectivity index (χ4v) is 3.32. The molecule has 4 heteroatoms. The van der Waals surface area contributed by atoms with E-state index in [1.807, 2.05) is 0 Å². The fourth-order valence-electron chi connectivity index (χ4n) is 3.32. The van der Waals surface area contributed by atoms with Crippen LogP contribution >= 0.6 is 12.4 Å². The zero-order valence-electron chi connectivity index (χ0n) is 12.9. The summed E-state index contributed by atoms with van der Waals surface area (Å²) >= 11 is 0. The maximum atomic E-state index is 5.57. The van der Waals surface area contributed by atoms with Gasteiger partial charge < -0.3 is 15.0 Å². The molecule has 1 N–H and O–H groups in total. The molecule has 21 heavy (non-hydrogen) atoms. The lowest BCUT2D eigenvalue weighted by molar-refractivity contribution is 0.227. The zero-order valence-corrected chi connectivity index (χ0v) is 13.8. The molecule has 1 atom stereocenters. The highest BCUT2D eigenvalue weighted by molar-refractivity contribution is 5.85. The Labute approximate surface area is 134 Å². The van der Waals surface area contributed by atoms with Gasteiger partial charge in [-0.1, -0.05) is 12.1 Å². The first-order chi connectivity index (χ1) is 9.83. The van der Waals surface area contributed by atoms with Gasteiger partial charge in [0.25, 0.3) is 0 Å². The minimum atomic E-state index is 0. The molecule has 2 aliphatic rings. The van der Waals surface area contributed by atoms with E-state index < -0.39 is 0 Å². The quantitative estimate of drug-likeness (QED) is 0.925. The van der Waals surface area contributed by atoms with Gasteiger partial charge in [0.15, 0.2) is 0 Å². The molecule has 0 aliphatic carbocycles. The van der Waals surface area contributed by atoms with Gasteiger partial charge in [-0.2, -0.15) is 0 Å². The van der Waals surface area contributed by atoms with Crippen LogP contribution in [-0.4, -0.2) is 44.2 Å². The van der Waals surface area contributed by atoms with E-state index in [0.29, 0.717) is 0 Å². The predicted octanol–water partition coefficient (Wildman–Crippen LogP) is 2.66. The van der Waals surface area contributed by atoms with Gasteiger partial charge in [0.2, 0.25) is 0 Å². The number of fused-ring (bicyclic) bond motifs is 1. The summed E-state index contributed by atoms with van der Waals surface area (Å²) in [5.41, 5.74) is 2.84. The van der Waals surface area contributed by atoms with E-state index in [4.69, 9.17) is 4.74 Å². The highest BCUT2D eigenvalue weighted by atomic mass is 35.5. The third kappa shape index (κ3) is 4.35. The number of nitrogens with zero attached hydrogens (tertiary/aromatic N) is 1. The molecule has 1 fully saturated rings. The second kappa shape index (κ2) is 8.02. The van der Waals surface area contributed by atoms with Crippen molar-refractivity contribution >= 4 is 12.4 Å². The number of nitrogens with one attached hydrogen (secondary N) is 1. The molecule has 0 radical (unpaired) electrons. The molecular weight excluding hydrogens is 284 g/mol. The summed E-state index contributed by atoms with van der Waals surface area (Å²) in [6.45, 7) is 4.37. The van der Waals surface area contributed by atoms with Gasteiger partial charge in [-0.05, 0) is 63.0 Å². The Hall–Kier alpha value is -0.770. The van der Waals surface area contributed by atoms with E-state index in [2.05, 4.69) is 35.5 Å². The Morgan fingerprint density at radius 1 is 1.29 bits per heavy atom. The molecule has 0 amide bonds. The lowest BCUT2D eigenvalue weighted by atomic mass is 10.0. The molecule has 1 saturated heterocycles. The minimum absolute atomic E-state index is 0. The van der Waals surface area contributed by atoms with Crippen molar-refractivity contribution in [2.75, 3.05) is 33.3 Å². The summed E-state index contributed by atoms with van der Waals surface area (Å²) in [5.74, 6) is 1.09. The zero-order chi connectivity index (χ0) is 13.8. The average molecular weight is 311 g/mol. The third-order valence-electron chi connectivity index (χ3n) is 4.68. The van der Waals surface area contributed by atoms with Crippen molar-refractivity contribution in [3.63, 3.8) is 0 Å². The van der Waals surface area contributed by atoms with Crippen LogP contribution in [0, 0.1) is 0 Å². The molecular formula is C17H27ClN2O. The van der Waals surface area contributed by atoms with E-state index in [1.165, 1.54) is 43.5 Å². The van der Waals surface area contributed by atoms with Crippen molar-refractivity contribution in [1.29, 1.82) is 0 Å². The van der Waals surface area contributed by atoms with Crippen molar-refractivity contribution < 1.29 is 4.74 Å². The molecule has 3 nitrogen and oxygen atoms in total. The Balaban J connectivity index is 0.00000161. The van der Waals surface area contributed by atoms with Gasteiger partial charge in [-0.3, -0.25) is 0 Å². The van der Waals surface area contributed by atoms with Crippen molar-refractivity contribution in [1.82, 2.24) is 10.2 Å². The van der Waals surface area contributed by atoms with Crippen LogP contribution < -0.4 is 10.1 Å². The van der Waals surface area contributed by atoms with Gasteiger partial charge in [0, 0.05) is 19.0 Å². The van der Waals surface area contributed by atoms with Crippen LogP contribution in [0.4, 0.5) is 0 Å². The standard InChI is InChI=1S/C17H26N2O.ClH/c1-19(16-3-2-9-18-10-6-16)11-7-14-4-5-17-15(13-14)8-12-20-17;/h4-5,13,16,18H,2-3,6-12H2,1H3;1H. The number of halogens is 1. The second-order valence-electron chi connectivity index (χ2n) is 6.11. The Kier molecular flexibility index (Phi) is 6.34. The summed E-state index contributed by atoms with van der Waals surface area (Å²) in [5, 5.41) is 3.49. The van der Waals surface area contributed by atoms with E-state index >= 15 is 0 Å². The average Bonchev–Trinajstić information content (AvgIpc) is 2.76. The van der Waals surface area contributed by atoms with E-state index in [0.717, 1.165) is 37.8 Å². The number of rotatable bonds is 4. The first kappa shape index (κ1) is 16.6. The van der Waals surface area contributed by atoms with Gasteiger partial charge in [0.05, 0.1) is 6.61 Å². The smallest absolute Gasteiger partial charge is 0.122 e. The number of ether oxygens (including phenoxy) is 1. The molecule has 1 aromatic carbocycles. The largest absolute Gasteiger partial charge is 0.493 e. The van der Waals surface area contributed by atoms with Crippen LogP contribution in [0.2, 0.25) is 0 Å². The first-order valence-corrected chi connectivity index (χ1v) is 7.98. The van der Waals surface area contributed by atoms with Crippen molar-refractivity contribution in [3.8, 4) is 5.75 Å². The first-order valence-electron chi connectivity index (χ1n) is 7.98. The molecule has 1 unspecified atom stereocenters. The number of likely N-dealkylation sites (N-methyl/N-ethyl adjacent to an activating group) is 1. The van der Waals surface area contributed by atoms with Gasteiger partial charge >= 0.3 is 0 Å². The SMILES string of the molecule is CN(CCc1ccc2c(c1)CCO2)C1CCCNCC1.Cl. The number of hydrogen-bond donors (Lipinski definition) is 1. The molecule has 1 aromatic rings. The van der Waals surface area contributed by atoms with Gasteiger partial charge in [-0.25, -0.2) is 0 Å². The maximum Gasteiger partial charge on any atom is 0.122 e. The second-order valence-corrected chi connectivity index (χ2v) is 6.11. The summed E-state index contributed by atoms with van der Waals surface area (Å²) < 4.78 is 5.57. The molecule has 0 spiro atoms. The molecule has 3 rings (SSSR count). The normalized spacial score (nSPS) is 21.3. The van der Waals surface area contributed by atoms with E-state index in [-0.39, 0.29) is 12.4 Å². The fraction of sp³-hybridized carbons (Fsp3) is 0.647. The molecule has 118 valence electrons. The topological polar surface area (TPSA) is 24.5 Å². The lowest BCUT2D eigenvalue weighted by Crippen LogP contribution is -2.34. The summed E-state index contributed by atoms with van der Waals surface area (Å²) in [4.78, 5) is 2.55. The molecule has 0 saturated carbocycles. The highest BCUT2D eigenvalue weighted by Gasteiger charge is 2.17. The number of hydrogen-bond acceptors (Lipinski definition) is 3. The monoisotopic (exact) mass is 310 g/mol. The molecule has 2 aliphatic heterocycles. The van der Waals surface area contributed by atoms with E-state index in [9.17, 15) is 0 Å². The third-order valence-corrected chi connectivity index (χ3v) is 4.68. The molecule has 2 heterocycles. The maximum absolute atomic E-state index is 5.57. The van der Waals surface area contributed by atoms with Crippen LogP contribution in [0.25, 0.3) is 0 Å². The lowest BCUT2D eigenvalue weighted by Gasteiger charge is -2.26. The Morgan fingerprint density at radius 3 is 3.10 bits per heavy atom. The van der Waals surface area contributed by atoms with Crippen LogP contribution in [0.15, 0.2) is 18.2 Å². The Morgan fingerprint density at radius 2 is 2.19 bits per heavy atom. The van der Waals surface area contributed by atoms with Crippen molar-refractivity contribution in [2.45, 2.75) is 38.1 Å². The highest BCUT2D eigenvalue weighted by Crippen LogP contribution is 2.26. The van der Waals surface area contributed by atoms with Crippen LogP contribution in [0.5, 0.6) is 5.75 Å². The van der Waals surface area contributed by atoms with E-state index in [1.54, 1.807) is 0 Å². The van der Waals surface area contributed by atoms with Crippen LogP contribution in [0.1, 0.15) is 30.4 Å². The molecule has 0 bridgehead atoms. The van der Waals surface area contributed by atoms with Gasteiger partial charge in [-0.15, -0.1) is 12.4 Å². The summed E-state index contributed by atoms with van der Waals surface area (Å²) in [7, 11) is 2.28. The molecule has 0 aromatic heterocycles. The van der Waals surface area contributed by atoms with Gasteiger partial charge in [0.1, 0.15) is 5.75 Å². The van der Waals surface area contributed by atoms with Crippen molar-refractivity contribution in [3.05, 3.63) is 29.3 Å². The Bertz CT molecular complexity index is 444. The number of benzene rings is 1. The minimum Gasteiger partial charge on any atom is -0.493 e. The van der Waals surface area contributed by atoms with Crippen molar-refractivity contribution in [2.24, 2.45) is 0 Å². The van der Waals surface area contributed by atoms with Crippen LogP contribution in [0.3, 0.4) is 0 Å². The summed E-state index contributed by atoms with van der Waals surface area (Å²) in [6.07, 6.45) is 6.16.